The molecule has 1 amide bonds. The summed E-state index contributed by atoms with van der Waals surface area (Å²) in [6.07, 6.45) is 0.799. The molecule has 0 aliphatic carbocycles. The number of sulfonamides is 1. The van der Waals surface area contributed by atoms with Gasteiger partial charge in [-0.05, 0) is 43.5 Å². The number of amides is 1. The Kier molecular flexibility index (Phi) is 6.37. The zero-order valence-corrected chi connectivity index (χ0v) is 15.3. The molecular weight excluding hydrogens is 328 g/mol. The Morgan fingerprint density at radius 3 is 2.58 bits per heavy atom. The molecule has 1 aromatic rings. The molecular formula is C17H26N2O4S. The third-order valence-electron chi connectivity index (χ3n) is 3.97. The standard InChI is InChI=1S/C17H26N2O4S/c1-13(2)8-9-18-17(20)15-4-6-16(7-5-15)24(21,22)19-10-11-23-14(3)12-19/h4-7,13-14H,8-12H2,1-3H3,(H,18,20). The minimum atomic E-state index is -3.54. The van der Waals surface area contributed by atoms with Crippen molar-refractivity contribution in [2.24, 2.45) is 5.92 Å². The number of nitrogens with zero attached hydrogens (tertiary/aromatic N) is 1. The number of rotatable bonds is 6. The third kappa shape index (κ3) is 4.78. The fourth-order valence-electron chi connectivity index (χ4n) is 2.51. The highest BCUT2D eigenvalue weighted by atomic mass is 32.2. The lowest BCUT2D eigenvalue weighted by Gasteiger charge is -2.30. The second kappa shape index (κ2) is 8.09. The van der Waals surface area contributed by atoms with Crippen molar-refractivity contribution in [1.82, 2.24) is 9.62 Å². The van der Waals surface area contributed by atoms with E-state index in [1.807, 2.05) is 6.92 Å². The molecule has 0 saturated carbocycles. The summed E-state index contributed by atoms with van der Waals surface area (Å²) < 4.78 is 32.1. The summed E-state index contributed by atoms with van der Waals surface area (Å²) in [4.78, 5) is 12.2. The highest BCUT2D eigenvalue weighted by Crippen LogP contribution is 2.19. The van der Waals surface area contributed by atoms with Gasteiger partial charge in [-0.25, -0.2) is 8.42 Å². The van der Waals surface area contributed by atoms with Gasteiger partial charge < -0.3 is 10.1 Å². The Morgan fingerprint density at radius 2 is 2.00 bits per heavy atom. The summed E-state index contributed by atoms with van der Waals surface area (Å²) in [6, 6.07) is 6.10. The van der Waals surface area contributed by atoms with Crippen LogP contribution in [0.1, 0.15) is 37.6 Å². The van der Waals surface area contributed by atoms with Crippen LogP contribution in [0.5, 0.6) is 0 Å². The first kappa shape index (κ1) is 18.9. The number of nitrogens with one attached hydrogen (secondary N) is 1. The number of carbonyl (C=O) groups excluding carboxylic acids is 1. The van der Waals surface area contributed by atoms with Gasteiger partial charge in [0.15, 0.2) is 0 Å². The van der Waals surface area contributed by atoms with Crippen LogP contribution in [0.4, 0.5) is 0 Å². The first-order valence-corrected chi connectivity index (χ1v) is 9.74. The van der Waals surface area contributed by atoms with E-state index in [1.165, 1.54) is 16.4 Å². The van der Waals surface area contributed by atoms with Crippen molar-refractivity contribution in [1.29, 1.82) is 0 Å². The Morgan fingerprint density at radius 1 is 1.33 bits per heavy atom. The average molecular weight is 354 g/mol. The normalized spacial score (nSPS) is 19.4. The molecule has 2 rings (SSSR count). The van der Waals surface area contributed by atoms with Crippen molar-refractivity contribution in [3.8, 4) is 0 Å². The van der Waals surface area contributed by atoms with Crippen LogP contribution in [0, 0.1) is 5.92 Å². The Balaban J connectivity index is 2.04. The summed E-state index contributed by atoms with van der Waals surface area (Å²) in [5.74, 6) is 0.341. The molecule has 1 saturated heterocycles. The predicted molar refractivity (Wildman–Crippen MR) is 92.4 cm³/mol. The largest absolute Gasteiger partial charge is 0.376 e. The molecule has 0 aromatic heterocycles. The molecule has 134 valence electrons. The monoisotopic (exact) mass is 354 g/mol. The van der Waals surface area contributed by atoms with Gasteiger partial charge in [-0.3, -0.25) is 4.79 Å². The number of hydrogen-bond donors (Lipinski definition) is 1. The first-order valence-electron chi connectivity index (χ1n) is 8.30. The summed E-state index contributed by atoms with van der Waals surface area (Å²) in [5, 5.41) is 2.84. The molecule has 1 N–H and O–H groups in total. The fraction of sp³-hybridized carbons (Fsp3) is 0.588. The van der Waals surface area contributed by atoms with Gasteiger partial charge in [0.1, 0.15) is 0 Å². The van der Waals surface area contributed by atoms with Crippen LogP contribution in [-0.4, -0.2) is 51.0 Å². The lowest BCUT2D eigenvalue weighted by Crippen LogP contribution is -2.44. The zero-order valence-electron chi connectivity index (χ0n) is 14.5. The second-order valence-electron chi connectivity index (χ2n) is 6.51. The minimum Gasteiger partial charge on any atom is -0.376 e. The van der Waals surface area contributed by atoms with Gasteiger partial charge in [0.2, 0.25) is 10.0 Å². The Hall–Kier alpha value is -1.44. The molecule has 7 heteroatoms. The van der Waals surface area contributed by atoms with Crippen LogP contribution < -0.4 is 5.32 Å². The van der Waals surface area contributed by atoms with E-state index in [0.717, 1.165) is 6.42 Å². The van der Waals surface area contributed by atoms with Crippen molar-refractivity contribution < 1.29 is 17.9 Å². The molecule has 0 bridgehead atoms. The summed E-state index contributed by atoms with van der Waals surface area (Å²) in [6.45, 7) is 7.76. The number of carbonyl (C=O) groups is 1. The fourth-order valence-corrected chi connectivity index (χ4v) is 4.01. The molecule has 0 spiro atoms. The summed E-state index contributed by atoms with van der Waals surface area (Å²) in [7, 11) is -3.54. The topological polar surface area (TPSA) is 75.7 Å². The van der Waals surface area contributed by atoms with Crippen LogP contribution in [0.25, 0.3) is 0 Å². The van der Waals surface area contributed by atoms with Gasteiger partial charge >= 0.3 is 0 Å². The maximum atomic E-state index is 12.6. The highest BCUT2D eigenvalue weighted by Gasteiger charge is 2.29. The van der Waals surface area contributed by atoms with Crippen molar-refractivity contribution in [3.05, 3.63) is 29.8 Å². The number of benzene rings is 1. The average Bonchev–Trinajstić information content (AvgIpc) is 2.54. The van der Waals surface area contributed by atoms with Crippen molar-refractivity contribution in [2.45, 2.75) is 38.2 Å². The Bertz CT molecular complexity index is 656. The predicted octanol–water partition coefficient (Wildman–Crippen LogP) is 1.87. The quantitative estimate of drug-likeness (QED) is 0.846. The zero-order chi connectivity index (χ0) is 17.7. The molecule has 1 fully saturated rings. The van der Waals surface area contributed by atoms with E-state index in [9.17, 15) is 13.2 Å². The van der Waals surface area contributed by atoms with Crippen LogP contribution >= 0.6 is 0 Å². The van der Waals surface area contributed by atoms with Crippen LogP contribution in [0.15, 0.2) is 29.2 Å². The number of morpholine rings is 1. The molecule has 1 aliphatic rings. The van der Waals surface area contributed by atoms with Crippen LogP contribution in [0.2, 0.25) is 0 Å². The van der Waals surface area contributed by atoms with E-state index in [1.54, 1.807) is 12.1 Å². The number of ether oxygens (including phenoxy) is 1. The lowest BCUT2D eigenvalue weighted by atomic mass is 10.1. The molecule has 1 unspecified atom stereocenters. The van der Waals surface area contributed by atoms with Gasteiger partial charge in [-0.1, -0.05) is 13.8 Å². The molecule has 1 aliphatic heterocycles. The van der Waals surface area contributed by atoms with Crippen molar-refractivity contribution in [2.75, 3.05) is 26.2 Å². The van der Waals surface area contributed by atoms with E-state index in [0.29, 0.717) is 37.7 Å². The second-order valence-corrected chi connectivity index (χ2v) is 8.45. The maximum absolute atomic E-state index is 12.6. The van der Waals surface area contributed by atoms with E-state index in [-0.39, 0.29) is 16.9 Å². The Labute approximate surface area is 144 Å². The molecule has 1 heterocycles. The van der Waals surface area contributed by atoms with Gasteiger partial charge in [-0.15, -0.1) is 0 Å². The van der Waals surface area contributed by atoms with Gasteiger partial charge in [-0.2, -0.15) is 4.31 Å². The van der Waals surface area contributed by atoms with Gasteiger partial charge in [0.25, 0.3) is 5.91 Å². The molecule has 1 atom stereocenters. The SMILES string of the molecule is CC(C)CCNC(=O)c1ccc(S(=O)(=O)N2CCOC(C)C2)cc1. The molecule has 24 heavy (non-hydrogen) atoms. The maximum Gasteiger partial charge on any atom is 0.251 e. The summed E-state index contributed by atoms with van der Waals surface area (Å²) in [5.41, 5.74) is 0.466. The molecule has 6 nitrogen and oxygen atoms in total. The highest BCUT2D eigenvalue weighted by molar-refractivity contribution is 7.89. The van der Waals surface area contributed by atoms with Gasteiger partial charge in [0, 0.05) is 25.2 Å². The van der Waals surface area contributed by atoms with Crippen LogP contribution in [-0.2, 0) is 14.8 Å². The molecule has 1 aromatic carbocycles. The van der Waals surface area contributed by atoms with E-state index in [4.69, 9.17) is 4.74 Å². The first-order chi connectivity index (χ1) is 11.3. The molecule has 0 radical (unpaired) electrons. The minimum absolute atomic E-state index is 0.112. The summed E-state index contributed by atoms with van der Waals surface area (Å²) >= 11 is 0. The van der Waals surface area contributed by atoms with E-state index < -0.39 is 10.0 Å². The van der Waals surface area contributed by atoms with Crippen molar-refractivity contribution >= 4 is 15.9 Å². The smallest absolute Gasteiger partial charge is 0.251 e. The van der Waals surface area contributed by atoms with E-state index >= 15 is 0 Å². The van der Waals surface area contributed by atoms with Crippen molar-refractivity contribution in [3.63, 3.8) is 0 Å². The third-order valence-corrected chi connectivity index (χ3v) is 5.84. The van der Waals surface area contributed by atoms with Crippen LogP contribution in [0.3, 0.4) is 0 Å². The number of hydrogen-bond acceptors (Lipinski definition) is 4. The van der Waals surface area contributed by atoms with Gasteiger partial charge in [0.05, 0.1) is 17.6 Å². The van der Waals surface area contributed by atoms with E-state index in [2.05, 4.69) is 19.2 Å². The lowest BCUT2D eigenvalue weighted by molar-refractivity contribution is 0.0102.